The minimum atomic E-state index is 0.734. The van der Waals surface area contributed by atoms with Crippen LogP contribution in [0.2, 0.25) is 0 Å². The molecule has 0 aliphatic carbocycles. The highest BCUT2D eigenvalue weighted by Crippen LogP contribution is 2.20. The van der Waals surface area contributed by atoms with Crippen LogP contribution in [0.5, 0.6) is 0 Å². The number of nitrogens with zero attached hydrogens (tertiary/aromatic N) is 2. The van der Waals surface area contributed by atoms with Gasteiger partial charge in [0.1, 0.15) is 0 Å². The van der Waals surface area contributed by atoms with E-state index in [1.165, 1.54) is 37.2 Å². The lowest BCUT2D eigenvalue weighted by atomic mass is 10.0. The van der Waals surface area contributed by atoms with Crippen molar-refractivity contribution in [3.63, 3.8) is 0 Å². The molecular formula is C11H17ClN2S. The summed E-state index contributed by atoms with van der Waals surface area (Å²) in [5, 5.41) is 0. The standard InChI is InChI=1S/C11H17ClN2S/c12-6-10-2-1-4-14(5-3-10)8-11-7-13-9-15-11/h7,9-10H,1-6,8H2. The van der Waals surface area contributed by atoms with Gasteiger partial charge in [-0.05, 0) is 38.3 Å². The molecule has 0 N–H and O–H groups in total. The Balaban J connectivity index is 1.83. The summed E-state index contributed by atoms with van der Waals surface area (Å²) in [5.74, 6) is 1.56. The Morgan fingerprint density at radius 1 is 1.47 bits per heavy atom. The summed E-state index contributed by atoms with van der Waals surface area (Å²) in [6.45, 7) is 3.47. The number of rotatable bonds is 3. The van der Waals surface area contributed by atoms with Crippen molar-refractivity contribution in [1.29, 1.82) is 0 Å². The zero-order valence-corrected chi connectivity index (χ0v) is 10.4. The molecule has 1 atom stereocenters. The minimum absolute atomic E-state index is 0.734. The Labute approximate surface area is 100 Å². The lowest BCUT2D eigenvalue weighted by Crippen LogP contribution is -2.23. The van der Waals surface area contributed by atoms with E-state index in [2.05, 4.69) is 9.88 Å². The summed E-state index contributed by atoms with van der Waals surface area (Å²) in [6.07, 6.45) is 5.82. The number of hydrogen-bond donors (Lipinski definition) is 0. The monoisotopic (exact) mass is 244 g/mol. The minimum Gasteiger partial charge on any atom is -0.298 e. The highest BCUT2D eigenvalue weighted by Gasteiger charge is 2.16. The molecule has 0 bridgehead atoms. The molecule has 1 aromatic heterocycles. The molecule has 15 heavy (non-hydrogen) atoms. The van der Waals surface area contributed by atoms with Crippen LogP contribution in [0.15, 0.2) is 11.7 Å². The van der Waals surface area contributed by atoms with Gasteiger partial charge in [-0.1, -0.05) is 0 Å². The third-order valence-electron chi connectivity index (χ3n) is 3.02. The van der Waals surface area contributed by atoms with Crippen molar-refractivity contribution < 1.29 is 0 Å². The molecule has 1 fully saturated rings. The van der Waals surface area contributed by atoms with E-state index in [1.54, 1.807) is 11.3 Å². The smallest absolute Gasteiger partial charge is 0.0794 e. The number of thiazole rings is 1. The van der Waals surface area contributed by atoms with Gasteiger partial charge in [-0.25, -0.2) is 0 Å². The Morgan fingerprint density at radius 2 is 2.40 bits per heavy atom. The zero-order valence-electron chi connectivity index (χ0n) is 8.86. The van der Waals surface area contributed by atoms with E-state index in [9.17, 15) is 0 Å². The molecule has 0 saturated carbocycles. The second-order valence-corrected chi connectivity index (χ2v) is 5.47. The Morgan fingerprint density at radius 3 is 3.13 bits per heavy atom. The molecule has 1 unspecified atom stereocenters. The van der Waals surface area contributed by atoms with Crippen LogP contribution >= 0.6 is 22.9 Å². The van der Waals surface area contributed by atoms with Gasteiger partial charge >= 0.3 is 0 Å². The van der Waals surface area contributed by atoms with Crippen LogP contribution in [0.25, 0.3) is 0 Å². The summed E-state index contributed by atoms with van der Waals surface area (Å²) in [5.41, 5.74) is 1.91. The van der Waals surface area contributed by atoms with Crippen LogP contribution in [0.4, 0.5) is 0 Å². The maximum atomic E-state index is 5.92. The average Bonchev–Trinajstić information content (AvgIpc) is 2.64. The predicted octanol–water partition coefficient (Wildman–Crippen LogP) is 2.98. The van der Waals surface area contributed by atoms with E-state index < -0.39 is 0 Å². The van der Waals surface area contributed by atoms with Gasteiger partial charge in [0.15, 0.2) is 0 Å². The van der Waals surface area contributed by atoms with Crippen LogP contribution in [0.1, 0.15) is 24.1 Å². The molecule has 84 valence electrons. The van der Waals surface area contributed by atoms with E-state index in [0.29, 0.717) is 0 Å². The SMILES string of the molecule is ClCC1CCCN(Cc2cncs2)CC1. The molecule has 1 saturated heterocycles. The van der Waals surface area contributed by atoms with Gasteiger partial charge in [-0.15, -0.1) is 22.9 Å². The molecule has 0 spiro atoms. The van der Waals surface area contributed by atoms with E-state index >= 15 is 0 Å². The first-order valence-electron chi connectivity index (χ1n) is 5.54. The van der Waals surface area contributed by atoms with Gasteiger partial charge in [0, 0.05) is 23.5 Å². The first-order chi connectivity index (χ1) is 7.38. The fourth-order valence-corrected chi connectivity index (χ4v) is 3.02. The molecule has 0 aromatic carbocycles. The number of likely N-dealkylation sites (tertiary alicyclic amines) is 1. The van der Waals surface area contributed by atoms with E-state index in [4.69, 9.17) is 11.6 Å². The van der Waals surface area contributed by atoms with Crippen molar-refractivity contribution in [2.75, 3.05) is 19.0 Å². The number of hydrogen-bond acceptors (Lipinski definition) is 3. The van der Waals surface area contributed by atoms with Gasteiger partial charge in [-0.2, -0.15) is 0 Å². The summed E-state index contributed by atoms with van der Waals surface area (Å²) in [6, 6.07) is 0. The van der Waals surface area contributed by atoms with Gasteiger partial charge in [-0.3, -0.25) is 9.88 Å². The number of alkyl halides is 1. The van der Waals surface area contributed by atoms with Gasteiger partial charge in [0.05, 0.1) is 5.51 Å². The van der Waals surface area contributed by atoms with Gasteiger partial charge < -0.3 is 0 Å². The molecule has 1 aromatic rings. The second-order valence-electron chi connectivity index (χ2n) is 4.20. The summed E-state index contributed by atoms with van der Waals surface area (Å²) in [4.78, 5) is 8.02. The molecule has 2 rings (SSSR count). The first-order valence-corrected chi connectivity index (χ1v) is 6.95. The lowest BCUT2D eigenvalue weighted by molar-refractivity contribution is 0.276. The highest BCUT2D eigenvalue weighted by molar-refractivity contribution is 7.09. The quantitative estimate of drug-likeness (QED) is 0.760. The molecule has 1 aliphatic rings. The van der Waals surface area contributed by atoms with Crippen LogP contribution in [0.3, 0.4) is 0 Å². The van der Waals surface area contributed by atoms with E-state index in [1.807, 2.05) is 11.7 Å². The van der Waals surface area contributed by atoms with Crippen molar-refractivity contribution in [2.45, 2.75) is 25.8 Å². The van der Waals surface area contributed by atoms with Crippen molar-refractivity contribution >= 4 is 22.9 Å². The van der Waals surface area contributed by atoms with Crippen molar-refractivity contribution in [1.82, 2.24) is 9.88 Å². The molecule has 1 aliphatic heterocycles. The summed E-state index contributed by atoms with van der Waals surface area (Å²) >= 11 is 7.67. The van der Waals surface area contributed by atoms with Crippen molar-refractivity contribution in [3.05, 3.63) is 16.6 Å². The molecule has 0 radical (unpaired) electrons. The van der Waals surface area contributed by atoms with Crippen LogP contribution < -0.4 is 0 Å². The Bertz CT molecular complexity index is 276. The fraction of sp³-hybridized carbons (Fsp3) is 0.727. The van der Waals surface area contributed by atoms with Gasteiger partial charge in [0.2, 0.25) is 0 Å². The lowest BCUT2D eigenvalue weighted by Gasteiger charge is -2.18. The number of halogens is 1. The normalized spacial score (nSPS) is 23.9. The highest BCUT2D eigenvalue weighted by atomic mass is 35.5. The van der Waals surface area contributed by atoms with Crippen molar-refractivity contribution in [2.24, 2.45) is 5.92 Å². The van der Waals surface area contributed by atoms with Gasteiger partial charge in [0.25, 0.3) is 0 Å². The van der Waals surface area contributed by atoms with E-state index in [-0.39, 0.29) is 0 Å². The predicted molar refractivity (Wildman–Crippen MR) is 65.5 cm³/mol. The molecule has 0 amide bonds. The van der Waals surface area contributed by atoms with Crippen molar-refractivity contribution in [3.8, 4) is 0 Å². The number of aromatic nitrogens is 1. The summed E-state index contributed by atoms with van der Waals surface area (Å²) in [7, 11) is 0. The third-order valence-corrected chi connectivity index (χ3v) is 4.22. The van der Waals surface area contributed by atoms with Crippen LogP contribution in [0, 0.1) is 5.92 Å². The Kier molecular flexibility index (Phi) is 4.42. The topological polar surface area (TPSA) is 16.1 Å². The van der Waals surface area contributed by atoms with Crippen LogP contribution in [-0.2, 0) is 6.54 Å². The molecule has 2 nitrogen and oxygen atoms in total. The average molecular weight is 245 g/mol. The second kappa shape index (κ2) is 5.83. The fourth-order valence-electron chi connectivity index (χ4n) is 2.08. The first kappa shape index (κ1) is 11.4. The Hall–Kier alpha value is -0.120. The van der Waals surface area contributed by atoms with Crippen LogP contribution in [-0.4, -0.2) is 28.9 Å². The van der Waals surface area contributed by atoms with E-state index in [0.717, 1.165) is 18.3 Å². The molecular weight excluding hydrogens is 228 g/mol. The maximum Gasteiger partial charge on any atom is 0.0794 e. The third kappa shape index (κ3) is 3.44. The maximum absolute atomic E-state index is 5.92. The molecule has 4 heteroatoms. The largest absolute Gasteiger partial charge is 0.298 e. The summed E-state index contributed by atoms with van der Waals surface area (Å²) < 4.78 is 0. The zero-order chi connectivity index (χ0) is 10.5. The molecule has 2 heterocycles.